The summed E-state index contributed by atoms with van der Waals surface area (Å²) in [6.07, 6.45) is 1.32. The summed E-state index contributed by atoms with van der Waals surface area (Å²) in [6, 6.07) is 3.10. The molecule has 1 atom stereocenters. The number of nitro groups is 1. The van der Waals surface area contributed by atoms with Crippen LogP contribution in [-0.4, -0.2) is 54.5 Å². The largest absolute Gasteiger partial charge is 0.454 e. The van der Waals surface area contributed by atoms with Crippen molar-refractivity contribution < 1.29 is 27.7 Å². The van der Waals surface area contributed by atoms with Crippen LogP contribution >= 0.6 is 0 Å². The van der Waals surface area contributed by atoms with Gasteiger partial charge in [-0.2, -0.15) is 4.31 Å². The maximum absolute atomic E-state index is 12.3. The first kappa shape index (κ1) is 21.8. The molecule has 154 valence electrons. The van der Waals surface area contributed by atoms with Gasteiger partial charge >= 0.3 is 5.97 Å². The molecule has 28 heavy (non-hydrogen) atoms. The first-order valence-corrected chi connectivity index (χ1v) is 10.5. The van der Waals surface area contributed by atoms with Gasteiger partial charge < -0.3 is 10.1 Å². The fraction of sp³-hybridized carbons (Fsp3) is 0.529. The Labute approximate surface area is 163 Å². The molecule has 0 aromatic heterocycles. The molecule has 1 unspecified atom stereocenters. The number of nitro benzene ring substituents is 1. The predicted octanol–water partition coefficient (Wildman–Crippen LogP) is 1.59. The molecule has 1 aliphatic heterocycles. The average molecular weight is 413 g/mol. The van der Waals surface area contributed by atoms with E-state index in [2.05, 4.69) is 5.32 Å². The molecule has 1 aliphatic rings. The number of anilines is 1. The summed E-state index contributed by atoms with van der Waals surface area (Å²) in [6.45, 7) is 3.04. The van der Waals surface area contributed by atoms with E-state index in [0.717, 1.165) is 4.31 Å². The minimum absolute atomic E-state index is 0.0523. The fourth-order valence-corrected chi connectivity index (χ4v) is 4.70. The third-order valence-electron chi connectivity index (χ3n) is 4.35. The number of rotatable bonds is 8. The Morgan fingerprint density at radius 2 is 2.11 bits per heavy atom. The Bertz CT molecular complexity index is 870. The Morgan fingerprint density at radius 1 is 1.39 bits per heavy atom. The summed E-state index contributed by atoms with van der Waals surface area (Å²) in [5, 5.41) is 13.3. The highest BCUT2D eigenvalue weighted by Crippen LogP contribution is 2.24. The van der Waals surface area contributed by atoms with E-state index in [1.807, 2.05) is 0 Å². The van der Waals surface area contributed by atoms with Gasteiger partial charge in [-0.1, -0.05) is 13.0 Å². The number of amides is 1. The van der Waals surface area contributed by atoms with Crippen LogP contribution in [0.4, 0.5) is 11.4 Å². The topological polar surface area (TPSA) is 136 Å². The second-order valence-electron chi connectivity index (χ2n) is 6.50. The number of benzene rings is 1. The number of carbonyl (C=O) groups is 2. The smallest absolute Gasteiger partial charge is 0.324 e. The van der Waals surface area contributed by atoms with E-state index in [1.165, 1.54) is 18.2 Å². The van der Waals surface area contributed by atoms with E-state index >= 15 is 0 Å². The van der Waals surface area contributed by atoms with Gasteiger partial charge in [-0.25, -0.2) is 8.42 Å². The van der Waals surface area contributed by atoms with E-state index in [0.29, 0.717) is 24.8 Å². The average Bonchev–Trinajstić information content (AvgIpc) is 3.12. The van der Waals surface area contributed by atoms with Crippen molar-refractivity contribution in [2.75, 3.05) is 24.2 Å². The summed E-state index contributed by atoms with van der Waals surface area (Å²) in [5.41, 5.74) is 0.668. The highest BCUT2D eigenvalue weighted by atomic mass is 32.2. The van der Waals surface area contributed by atoms with E-state index in [-0.39, 0.29) is 23.7 Å². The molecule has 1 aromatic carbocycles. The second-order valence-corrected chi connectivity index (χ2v) is 8.54. The van der Waals surface area contributed by atoms with Crippen LogP contribution in [0.15, 0.2) is 18.2 Å². The summed E-state index contributed by atoms with van der Waals surface area (Å²) in [7, 11) is -3.54. The van der Waals surface area contributed by atoms with Gasteiger partial charge in [0.15, 0.2) is 6.61 Å². The standard InChI is InChI=1S/C17H23N3O7S/c1-3-9-28(25,26)19-8-4-5-15(19)17(22)27-11-16(21)18-14-10-13(20(23)24)7-6-12(14)2/h6-7,10,15H,3-5,8-9,11H2,1-2H3,(H,18,21). The van der Waals surface area contributed by atoms with Crippen molar-refractivity contribution in [3.05, 3.63) is 33.9 Å². The molecule has 11 heteroatoms. The Kier molecular flexibility index (Phi) is 7.08. The lowest BCUT2D eigenvalue weighted by molar-refractivity contribution is -0.384. The van der Waals surface area contributed by atoms with Crippen molar-refractivity contribution >= 4 is 33.3 Å². The fourth-order valence-electron chi connectivity index (χ4n) is 2.96. The van der Waals surface area contributed by atoms with Crippen molar-refractivity contribution in [2.24, 2.45) is 0 Å². The minimum atomic E-state index is -3.54. The summed E-state index contributed by atoms with van der Waals surface area (Å²) < 4.78 is 30.6. The van der Waals surface area contributed by atoms with Crippen LogP contribution in [0.1, 0.15) is 31.7 Å². The Hall–Kier alpha value is -2.53. The van der Waals surface area contributed by atoms with Gasteiger partial charge in [0.05, 0.1) is 16.4 Å². The summed E-state index contributed by atoms with van der Waals surface area (Å²) in [4.78, 5) is 34.6. The van der Waals surface area contributed by atoms with Gasteiger partial charge in [-0.3, -0.25) is 19.7 Å². The SMILES string of the molecule is CCCS(=O)(=O)N1CCCC1C(=O)OCC(=O)Nc1cc([N+](=O)[O-])ccc1C. The van der Waals surface area contributed by atoms with E-state index in [4.69, 9.17) is 4.74 Å². The van der Waals surface area contributed by atoms with Crippen molar-refractivity contribution in [1.29, 1.82) is 0 Å². The van der Waals surface area contributed by atoms with Crippen LogP contribution < -0.4 is 5.32 Å². The number of ether oxygens (including phenoxy) is 1. The molecule has 1 N–H and O–H groups in total. The van der Waals surface area contributed by atoms with E-state index in [9.17, 15) is 28.1 Å². The number of sulfonamides is 1. The monoisotopic (exact) mass is 413 g/mol. The normalized spacial score (nSPS) is 17.3. The van der Waals surface area contributed by atoms with Crippen LogP contribution in [0.2, 0.25) is 0 Å². The zero-order valence-corrected chi connectivity index (χ0v) is 16.5. The van der Waals surface area contributed by atoms with Gasteiger partial charge in [0.25, 0.3) is 11.6 Å². The van der Waals surface area contributed by atoms with Crippen LogP contribution in [0.3, 0.4) is 0 Å². The van der Waals surface area contributed by atoms with Crippen molar-refractivity contribution in [2.45, 2.75) is 39.2 Å². The zero-order valence-electron chi connectivity index (χ0n) is 15.7. The molecule has 0 radical (unpaired) electrons. The van der Waals surface area contributed by atoms with Crippen molar-refractivity contribution in [3.63, 3.8) is 0 Å². The maximum atomic E-state index is 12.3. The first-order valence-electron chi connectivity index (χ1n) is 8.86. The molecule has 2 rings (SSSR count). The summed E-state index contributed by atoms with van der Waals surface area (Å²) in [5.74, 6) is -1.50. The highest BCUT2D eigenvalue weighted by molar-refractivity contribution is 7.89. The van der Waals surface area contributed by atoms with E-state index < -0.39 is 39.5 Å². The molecule has 0 aliphatic carbocycles. The molecule has 1 aromatic rings. The number of non-ortho nitro benzene ring substituents is 1. The number of nitrogens with one attached hydrogen (secondary N) is 1. The van der Waals surface area contributed by atoms with Crippen molar-refractivity contribution in [3.8, 4) is 0 Å². The zero-order chi connectivity index (χ0) is 20.9. The molecule has 0 saturated carbocycles. The highest BCUT2D eigenvalue weighted by Gasteiger charge is 2.39. The van der Waals surface area contributed by atoms with Crippen LogP contribution in [0.25, 0.3) is 0 Å². The molecule has 1 fully saturated rings. The lowest BCUT2D eigenvalue weighted by atomic mass is 10.2. The van der Waals surface area contributed by atoms with Gasteiger partial charge in [0.1, 0.15) is 6.04 Å². The number of hydrogen-bond acceptors (Lipinski definition) is 7. The lowest BCUT2D eigenvalue weighted by Crippen LogP contribution is -2.43. The quantitative estimate of drug-likeness (QED) is 0.388. The van der Waals surface area contributed by atoms with Gasteiger partial charge in [-0.05, 0) is 31.7 Å². The van der Waals surface area contributed by atoms with Gasteiger partial charge in [0.2, 0.25) is 10.0 Å². The molecular weight excluding hydrogens is 390 g/mol. The number of carbonyl (C=O) groups excluding carboxylic acids is 2. The number of hydrogen-bond donors (Lipinski definition) is 1. The van der Waals surface area contributed by atoms with Crippen molar-refractivity contribution in [1.82, 2.24) is 4.31 Å². The Balaban J connectivity index is 1.96. The Morgan fingerprint density at radius 3 is 2.75 bits per heavy atom. The number of nitrogens with zero attached hydrogens (tertiary/aromatic N) is 2. The van der Waals surface area contributed by atoms with Crippen LogP contribution in [0, 0.1) is 17.0 Å². The molecule has 1 saturated heterocycles. The van der Waals surface area contributed by atoms with Gasteiger partial charge in [-0.15, -0.1) is 0 Å². The number of aryl methyl sites for hydroxylation is 1. The lowest BCUT2D eigenvalue weighted by Gasteiger charge is -2.22. The molecular formula is C17H23N3O7S. The van der Waals surface area contributed by atoms with Crippen LogP contribution in [-0.2, 0) is 24.3 Å². The summed E-state index contributed by atoms with van der Waals surface area (Å²) >= 11 is 0. The second kappa shape index (κ2) is 9.11. The first-order chi connectivity index (χ1) is 13.2. The predicted molar refractivity (Wildman–Crippen MR) is 101 cm³/mol. The molecule has 0 spiro atoms. The molecule has 1 heterocycles. The van der Waals surface area contributed by atoms with E-state index in [1.54, 1.807) is 13.8 Å². The number of esters is 1. The minimum Gasteiger partial charge on any atom is -0.454 e. The van der Waals surface area contributed by atoms with Gasteiger partial charge in [0, 0.05) is 18.7 Å². The molecule has 0 bridgehead atoms. The van der Waals surface area contributed by atoms with Crippen LogP contribution in [0.5, 0.6) is 0 Å². The molecule has 1 amide bonds. The molecule has 10 nitrogen and oxygen atoms in total. The maximum Gasteiger partial charge on any atom is 0.324 e. The third kappa shape index (κ3) is 5.26. The third-order valence-corrected chi connectivity index (χ3v) is 6.42.